The van der Waals surface area contributed by atoms with Gasteiger partial charge < -0.3 is 14.5 Å². The number of furan rings is 1. The Hall–Kier alpha value is -0.800. The summed E-state index contributed by atoms with van der Waals surface area (Å²) < 4.78 is 11.4. The largest absolute Gasteiger partial charge is 0.468 e. The van der Waals surface area contributed by atoms with Crippen LogP contribution in [-0.4, -0.2) is 12.6 Å². The Morgan fingerprint density at radius 3 is 2.79 bits per heavy atom. The smallest absolute Gasteiger partial charge is 0.123 e. The van der Waals surface area contributed by atoms with E-state index in [0.29, 0.717) is 6.61 Å². The van der Waals surface area contributed by atoms with Crippen LogP contribution in [-0.2, 0) is 17.9 Å². The molecule has 3 heteroatoms. The molecule has 0 spiro atoms. The van der Waals surface area contributed by atoms with Crippen LogP contribution in [0.3, 0.4) is 0 Å². The molecule has 0 unspecified atom stereocenters. The van der Waals surface area contributed by atoms with Crippen LogP contribution in [0.1, 0.15) is 56.3 Å². The molecule has 0 saturated heterocycles. The number of nitrogens with one attached hydrogen (secondary N) is 1. The van der Waals surface area contributed by atoms with E-state index in [1.165, 1.54) is 50.5 Å². The molecule has 106 valence electrons. The highest BCUT2D eigenvalue weighted by Crippen LogP contribution is 2.24. The van der Waals surface area contributed by atoms with Crippen LogP contribution in [0.4, 0.5) is 0 Å². The lowest BCUT2D eigenvalue weighted by atomic mass is 9.90. The van der Waals surface area contributed by atoms with Crippen LogP contribution in [0.2, 0.25) is 0 Å². The van der Waals surface area contributed by atoms with Gasteiger partial charge in [0.2, 0.25) is 0 Å². The van der Waals surface area contributed by atoms with Crippen molar-refractivity contribution >= 4 is 0 Å². The minimum absolute atomic E-state index is 0.703. The van der Waals surface area contributed by atoms with Crippen LogP contribution >= 0.6 is 0 Å². The van der Waals surface area contributed by atoms with Gasteiger partial charge in [0.15, 0.2) is 0 Å². The summed E-state index contributed by atoms with van der Waals surface area (Å²) in [6.45, 7) is 2.47. The minimum Gasteiger partial charge on any atom is -0.468 e. The second kappa shape index (κ2) is 6.58. The summed E-state index contributed by atoms with van der Waals surface area (Å²) in [5, 5.41) is 3.49. The van der Waals surface area contributed by atoms with E-state index in [2.05, 4.69) is 5.32 Å². The van der Waals surface area contributed by atoms with Crippen molar-refractivity contribution in [2.24, 2.45) is 5.92 Å². The molecule has 2 saturated carbocycles. The molecule has 0 radical (unpaired) electrons. The summed E-state index contributed by atoms with van der Waals surface area (Å²) in [5.41, 5.74) is 1.21. The zero-order valence-electron chi connectivity index (χ0n) is 11.7. The molecular weight excluding hydrogens is 238 g/mol. The molecular formula is C16H25NO2. The first-order chi connectivity index (χ1) is 9.42. The molecule has 2 aliphatic rings. The van der Waals surface area contributed by atoms with E-state index < -0.39 is 0 Å². The highest BCUT2D eigenvalue weighted by atomic mass is 16.5. The lowest BCUT2D eigenvalue weighted by Gasteiger charge is -2.21. The van der Waals surface area contributed by atoms with Crippen LogP contribution in [0.25, 0.3) is 0 Å². The van der Waals surface area contributed by atoms with Gasteiger partial charge in [-0.1, -0.05) is 19.3 Å². The fourth-order valence-electron chi connectivity index (χ4n) is 2.86. The average Bonchev–Trinajstić information content (AvgIpc) is 3.17. The fourth-order valence-corrected chi connectivity index (χ4v) is 2.86. The lowest BCUT2D eigenvalue weighted by Crippen LogP contribution is -2.16. The molecule has 1 N–H and O–H groups in total. The molecule has 0 bridgehead atoms. The first kappa shape index (κ1) is 13.2. The van der Waals surface area contributed by atoms with Crippen molar-refractivity contribution in [3.8, 4) is 0 Å². The molecule has 1 aromatic rings. The van der Waals surface area contributed by atoms with Gasteiger partial charge >= 0.3 is 0 Å². The molecule has 0 aromatic carbocycles. The highest BCUT2D eigenvalue weighted by molar-refractivity contribution is 5.16. The Morgan fingerprint density at radius 2 is 2.00 bits per heavy atom. The van der Waals surface area contributed by atoms with Gasteiger partial charge in [-0.25, -0.2) is 0 Å². The molecule has 0 atom stereocenters. The van der Waals surface area contributed by atoms with Crippen molar-refractivity contribution < 1.29 is 9.15 Å². The number of ether oxygens (including phenoxy) is 1. The normalized spacial score (nSPS) is 20.8. The molecule has 2 aliphatic carbocycles. The maximum atomic E-state index is 5.89. The minimum atomic E-state index is 0.703. The fraction of sp³-hybridized carbons (Fsp3) is 0.750. The van der Waals surface area contributed by atoms with Gasteiger partial charge in [0.1, 0.15) is 5.76 Å². The monoisotopic (exact) mass is 263 g/mol. The third-order valence-electron chi connectivity index (χ3n) is 4.30. The van der Waals surface area contributed by atoms with Crippen molar-refractivity contribution in [2.75, 3.05) is 6.61 Å². The standard InChI is InChI=1S/C16H25NO2/c1-2-4-13(5-3-1)11-18-12-14-8-9-19-16(14)10-17-15-6-7-15/h8-9,13,15,17H,1-7,10-12H2. The van der Waals surface area contributed by atoms with Crippen LogP contribution < -0.4 is 5.32 Å². The van der Waals surface area contributed by atoms with Crippen LogP contribution in [0, 0.1) is 5.92 Å². The second-order valence-electron chi connectivity index (χ2n) is 6.04. The number of rotatable bonds is 7. The van der Waals surface area contributed by atoms with Crippen molar-refractivity contribution in [2.45, 2.75) is 64.1 Å². The topological polar surface area (TPSA) is 34.4 Å². The van der Waals surface area contributed by atoms with E-state index >= 15 is 0 Å². The lowest BCUT2D eigenvalue weighted by molar-refractivity contribution is 0.0730. The molecule has 3 rings (SSSR count). The van der Waals surface area contributed by atoms with Crippen molar-refractivity contribution in [3.05, 3.63) is 23.7 Å². The van der Waals surface area contributed by atoms with E-state index in [-0.39, 0.29) is 0 Å². The molecule has 2 fully saturated rings. The number of hydrogen-bond donors (Lipinski definition) is 1. The van der Waals surface area contributed by atoms with E-state index in [9.17, 15) is 0 Å². The Kier molecular flexibility index (Phi) is 4.57. The molecule has 1 heterocycles. The Morgan fingerprint density at radius 1 is 1.16 bits per heavy atom. The summed E-state index contributed by atoms with van der Waals surface area (Å²) in [6, 6.07) is 2.77. The summed E-state index contributed by atoms with van der Waals surface area (Å²) in [6.07, 6.45) is 11.3. The first-order valence-electron chi connectivity index (χ1n) is 7.78. The van der Waals surface area contributed by atoms with Gasteiger partial charge in [-0.15, -0.1) is 0 Å². The summed E-state index contributed by atoms with van der Waals surface area (Å²) >= 11 is 0. The summed E-state index contributed by atoms with van der Waals surface area (Å²) in [7, 11) is 0. The Labute approximate surface area is 115 Å². The van der Waals surface area contributed by atoms with Gasteiger partial charge in [0.25, 0.3) is 0 Å². The third kappa shape index (κ3) is 4.08. The maximum absolute atomic E-state index is 5.89. The predicted octanol–water partition coefficient (Wildman–Crippen LogP) is 3.63. The highest BCUT2D eigenvalue weighted by Gasteiger charge is 2.21. The van der Waals surface area contributed by atoms with E-state index in [0.717, 1.165) is 30.9 Å². The van der Waals surface area contributed by atoms with Gasteiger partial charge in [0.05, 0.1) is 19.4 Å². The van der Waals surface area contributed by atoms with Crippen molar-refractivity contribution in [1.29, 1.82) is 0 Å². The van der Waals surface area contributed by atoms with Gasteiger partial charge in [-0.05, 0) is 37.7 Å². The van der Waals surface area contributed by atoms with Crippen LogP contribution in [0.5, 0.6) is 0 Å². The van der Waals surface area contributed by atoms with Gasteiger partial charge in [-0.3, -0.25) is 0 Å². The first-order valence-corrected chi connectivity index (χ1v) is 7.78. The van der Waals surface area contributed by atoms with Crippen molar-refractivity contribution in [1.82, 2.24) is 5.32 Å². The van der Waals surface area contributed by atoms with Gasteiger partial charge in [0, 0.05) is 18.2 Å². The SMILES string of the molecule is c1cc(COCC2CCCCC2)c(CNC2CC2)o1. The quantitative estimate of drug-likeness (QED) is 0.815. The molecule has 0 amide bonds. The van der Waals surface area contributed by atoms with E-state index in [1.807, 2.05) is 6.07 Å². The van der Waals surface area contributed by atoms with E-state index in [1.54, 1.807) is 6.26 Å². The molecule has 19 heavy (non-hydrogen) atoms. The van der Waals surface area contributed by atoms with E-state index in [4.69, 9.17) is 9.15 Å². The zero-order chi connectivity index (χ0) is 12.9. The van der Waals surface area contributed by atoms with Crippen LogP contribution in [0.15, 0.2) is 16.7 Å². The number of hydrogen-bond acceptors (Lipinski definition) is 3. The molecule has 3 nitrogen and oxygen atoms in total. The summed E-state index contributed by atoms with van der Waals surface area (Å²) in [4.78, 5) is 0. The van der Waals surface area contributed by atoms with Gasteiger partial charge in [-0.2, -0.15) is 0 Å². The zero-order valence-corrected chi connectivity index (χ0v) is 11.7. The predicted molar refractivity (Wildman–Crippen MR) is 74.8 cm³/mol. The average molecular weight is 263 g/mol. The Bertz CT molecular complexity index is 378. The van der Waals surface area contributed by atoms with Crippen molar-refractivity contribution in [3.63, 3.8) is 0 Å². The molecule has 0 aliphatic heterocycles. The third-order valence-corrected chi connectivity index (χ3v) is 4.30. The maximum Gasteiger partial charge on any atom is 0.123 e. The summed E-state index contributed by atoms with van der Waals surface area (Å²) in [5.74, 6) is 1.84. The Balaban J connectivity index is 1.39. The second-order valence-corrected chi connectivity index (χ2v) is 6.04. The molecule has 1 aromatic heterocycles.